The Morgan fingerprint density at radius 3 is 2.24 bits per heavy atom. The number of nitrogens with one attached hydrogen (secondary N) is 3. The molecule has 4 N–H and O–H groups in total. The highest BCUT2D eigenvalue weighted by Gasteiger charge is 2.14. The van der Waals surface area contributed by atoms with Crippen molar-refractivity contribution in [2.45, 2.75) is 11.4 Å². The van der Waals surface area contributed by atoms with Crippen LogP contribution in [-0.2, 0) is 16.6 Å². The lowest BCUT2D eigenvalue weighted by Gasteiger charge is -2.12. The second-order valence-corrected chi connectivity index (χ2v) is 7.80. The van der Waals surface area contributed by atoms with Crippen LogP contribution in [0.5, 0.6) is 5.75 Å². The largest absolute Gasteiger partial charge is 0.508 e. The first-order valence-electron chi connectivity index (χ1n) is 8.52. The molecule has 1 aromatic heterocycles. The Labute approximate surface area is 167 Å². The van der Waals surface area contributed by atoms with Crippen LogP contribution in [0.3, 0.4) is 0 Å². The lowest BCUT2D eigenvalue weighted by atomic mass is 10.2. The van der Waals surface area contributed by atoms with Crippen molar-refractivity contribution >= 4 is 21.6 Å². The number of phenolic OH excluding ortho intramolecular Hbond substituents is 1. The SMILES string of the molecule is C=C(NNC(=O)c1ccc(O)cc1)c1ccc(S(=O)(=O)NCc2ccco2)cc1. The molecule has 1 heterocycles. The van der Waals surface area contributed by atoms with Crippen LogP contribution in [0.2, 0.25) is 0 Å². The minimum Gasteiger partial charge on any atom is -0.508 e. The molecule has 0 aliphatic rings. The minimum atomic E-state index is -3.69. The summed E-state index contributed by atoms with van der Waals surface area (Å²) >= 11 is 0. The van der Waals surface area contributed by atoms with Gasteiger partial charge in [0, 0.05) is 5.56 Å². The third-order valence-electron chi connectivity index (χ3n) is 3.99. The Morgan fingerprint density at radius 1 is 0.966 bits per heavy atom. The Hall–Kier alpha value is -3.56. The Kier molecular flexibility index (Phi) is 6.01. The standard InChI is InChI=1S/C20H19N3O5S/c1-14(22-23-20(25)16-4-8-17(24)9-5-16)15-6-10-19(11-7-15)29(26,27)21-13-18-3-2-12-28-18/h2-12,21-22,24H,1,13H2,(H,23,25). The summed E-state index contributed by atoms with van der Waals surface area (Å²) in [5.41, 5.74) is 6.50. The number of phenols is 1. The van der Waals surface area contributed by atoms with Gasteiger partial charge in [0.05, 0.1) is 23.4 Å². The fourth-order valence-corrected chi connectivity index (χ4v) is 3.38. The van der Waals surface area contributed by atoms with E-state index in [9.17, 15) is 18.3 Å². The number of hydrogen-bond donors (Lipinski definition) is 4. The van der Waals surface area contributed by atoms with Gasteiger partial charge in [-0.25, -0.2) is 13.1 Å². The number of amides is 1. The molecule has 0 saturated carbocycles. The van der Waals surface area contributed by atoms with Gasteiger partial charge >= 0.3 is 0 Å². The van der Waals surface area contributed by atoms with Crippen molar-refractivity contribution in [1.82, 2.24) is 15.6 Å². The van der Waals surface area contributed by atoms with Crippen molar-refractivity contribution in [1.29, 1.82) is 0 Å². The van der Waals surface area contributed by atoms with Gasteiger partial charge in [-0.3, -0.25) is 15.6 Å². The molecule has 0 fully saturated rings. The van der Waals surface area contributed by atoms with Gasteiger partial charge in [-0.05, 0) is 54.1 Å². The molecule has 1 amide bonds. The van der Waals surface area contributed by atoms with E-state index in [4.69, 9.17) is 4.42 Å². The summed E-state index contributed by atoms with van der Waals surface area (Å²) in [6, 6.07) is 15.1. The number of hydrogen-bond acceptors (Lipinski definition) is 6. The van der Waals surface area contributed by atoms with Crippen LogP contribution in [0.25, 0.3) is 5.70 Å². The molecule has 0 unspecified atom stereocenters. The van der Waals surface area contributed by atoms with Crippen LogP contribution < -0.4 is 15.6 Å². The molecule has 0 bridgehead atoms. The topological polar surface area (TPSA) is 121 Å². The van der Waals surface area contributed by atoms with E-state index in [1.807, 2.05) is 0 Å². The molecule has 3 aromatic rings. The van der Waals surface area contributed by atoms with Crippen molar-refractivity contribution in [3.63, 3.8) is 0 Å². The highest BCUT2D eigenvalue weighted by molar-refractivity contribution is 7.89. The third-order valence-corrected chi connectivity index (χ3v) is 5.40. The molecule has 0 atom stereocenters. The monoisotopic (exact) mass is 413 g/mol. The average molecular weight is 413 g/mol. The van der Waals surface area contributed by atoms with E-state index in [0.29, 0.717) is 22.6 Å². The summed E-state index contributed by atoms with van der Waals surface area (Å²) in [6.07, 6.45) is 1.47. The molecular formula is C20H19N3O5S. The second kappa shape index (κ2) is 8.63. The highest BCUT2D eigenvalue weighted by atomic mass is 32.2. The zero-order valence-corrected chi connectivity index (χ0v) is 16.1. The van der Waals surface area contributed by atoms with E-state index in [1.165, 1.54) is 42.7 Å². The summed E-state index contributed by atoms with van der Waals surface area (Å²) in [7, 11) is -3.69. The summed E-state index contributed by atoms with van der Waals surface area (Å²) in [5.74, 6) is 0.159. The predicted molar refractivity (Wildman–Crippen MR) is 107 cm³/mol. The van der Waals surface area contributed by atoms with Gasteiger partial charge in [0.1, 0.15) is 11.5 Å². The van der Waals surface area contributed by atoms with Gasteiger partial charge < -0.3 is 9.52 Å². The van der Waals surface area contributed by atoms with E-state index >= 15 is 0 Å². The maximum Gasteiger partial charge on any atom is 0.269 e. The van der Waals surface area contributed by atoms with Crippen LogP contribution in [0, 0.1) is 0 Å². The summed E-state index contributed by atoms with van der Waals surface area (Å²) in [5, 5.41) is 9.25. The normalized spacial score (nSPS) is 11.0. The maximum atomic E-state index is 12.3. The molecule has 2 aromatic carbocycles. The smallest absolute Gasteiger partial charge is 0.269 e. The van der Waals surface area contributed by atoms with Crippen molar-refractivity contribution in [2.75, 3.05) is 0 Å². The Balaban J connectivity index is 1.58. The number of rotatable bonds is 8. The van der Waals surface area contributed by atoms with Gasteiger partial charge in [-0.15, -0.1) is 0 Å². The number of aromatic hydroxyl groups is 1. The first-order chi connectivity index (χ1) is 13.8. The maximum absolute atomic E-state index is 12.3. The van der Waals surface area contributed by atoms with Gasteiger partial charge in [-0.1, -0.05) is 18.7 Å². The number of benzene rings is 2. The molecule has 150 valence electrons. The molecule has 0 aliphatic carbocycles. The first-order valence-corrected chi connectivity index (χ1v) is 10.0. The van der Waals surface area contributed by atoms with Crippen LogP contribution in [0.1, 0.15) is 21.7 Å². The number of sulfonamides is 1. The zero-order chi connectivity index (χ0) is 20.9. The van der Waals surface area contributed by atoms with E-state index < -0.39 is 15.9 Å². The lowest BCUT2D eigenvalue weighted by Crippen LogP contribution is -2.35. The van der Waals surface area contributed by atoms with Crippen molar-refractivity contribution in [3.8, 4) is 5.75 Å². The lowest BCUT2D eigenvalue weighted by molar-refractivity contribution is 0.0942. The molecule has 29 heavy (non-hydrogen) atoms. The second-order valence-electron chi connectivity index (χ2n) is 6.03. The quantitative estimate of drug-likeness (QED) is 0.421. The summed E-state index contributed by atoms with van der Waals surface area (Å²) < 4.78 is 32.2. The number of carbonyl (C=O) groups is 1. The molecule has 3 rings (SSSR count). The zero-order valence-electron chi connectivity index (χ0n) is 15.3. The summed E-state index contributed by atoms with van der Waals surface area (Å²) in [6.45, 7) is 3.87. The molecule has 0 radical (unpaired) electrons. The van der Waals surface area contributed by atoms with Crippen LogP contribution >= 0.6 is 0 Å². The first kappa shape index (κ1) is 20.2. The Bertz CT molecular complexity index is 1090. The van der Waals surface area contributed by atoms with Crippen molar-refractivity contribution in [2.24, 2.45) is 0 Å². The molecule has 0 aliphatic heterocycles. The van der Waals surface area contributed by atoms with E-state index in [2.05, 4.69) is 22.2 Å². The van der Waals surface area contributed by atoms with Crippen LogP contribution in [0.4, 0.5) is 0 Å². The summed E-state index contributed by atoms with van der Waals surface area (Å²) in [4.78, 5) is 12.1. The number of carbonyl (C=O) groups excluding carboxylic acids is 1. The Morgan fingerprint density at radius 2 is 1.62 bits per heavy atom. The fraction of sp³-hybridized carbons (Fsp3) is 0.0500. The van der Waals surface area contributed by atoms with Crippen LogP contribution in [0.15, 0.2) is 82.8 Å². The molecule has 9 heteroatoms. The van der Waals surface area contributed by atoms with Crippen LogP contribution in [-0.4, -0.2) is 19.4 Å². The van der Waals surface area contributed by atoms with Crippen molar-refractivity contribution < 1.29 is 22.7 Å². The highest BCUT2D eigenvalue weighted by Crippen LogP contribution is 2.15. The number of furan rings is 1. The van der Waals surface area contributed by atoms with Gasteiger partial charge in [0.15, 0.2) is 0 Å². The van der Waals surface area contributed by atoms with E-state index in [1.54, 1.807) is 24.3 Å². The van der Waals surface area contributed by atoms with Gasteiger partial charge in [0.2, 0.25) is 10.0 Å². The van der Waals surface area contributed by atoms with Gasteiger partial charge in [-0.2, -0.15) is 0 Å². The van der Waals surface area contributed by atoms with Crippen molar-refractivity contribution in [3.05, 3.63) is 90.4 Å². The average Bonchev–Trinajstić information content (AvgIpc) is 3.25. The molecule has 0 spiro atoms. The van der Waals surface area contributed by atoms with Gasteiger partial charge in [0.25, 0.3) is 5.91 Å². The fourth-order valence-electron chi connectivity index (χ4n) is 2.39. The predicted octanol–water partition coefficient (Wildman–Crippen LogP) is 2.37. The van der Waals surface area contributed by atoms with E-state index in [0.717, 1.165) is 0 Å². The number of hydrazine groups is 1. The molecule has 0 saturated heterocycles. The third kappa shape index (κ3) is 5.24. The van der Waals surface area contributed by atoms with E-state index in [-0.39, 0.29) is 17.2 Å². The molecule has 8 nitrogen and oxygen atoms in total. The minimum absolute atomic E-state index is 0.0502. The molecular weight excluding hydrogens is 394 g/mol.